The predicted molar refractivity (Wildman–Crippen MR) is 64.3 cm³/mol. The number of amides is 1. The number of aromatic nitrogens is 1. The van der Waals surface area contributed by atoms with E-state index in [9.17, 15) is 4.79 Å². The number of benzene rings is 1. The van der Waals surface area contributed by atoms with Crippen LogP contribution in [0.15, 0.2) is 48.7 Å². The van der Waals surface area contributed by atoms with Crippen LogP contribution >= 0.6 is 0 Å². The fourth-order valence-electron chi connectivity index (χ4n) is 2.11. The molecule has 3 nitrogen and oxygen atoms in total. The summed E-state index contributed by atoms with van der Waals surface area (Å²) in [5, 5.41) is 0. The van der Waals surface area contributed by atoms with Crippen LogP contribution in [0.1, 0.15) is 21.6 Å². The van der Waals surface area contributed by atoms with Crippen molar-refractivity contribution in [3.05, 3.63) is 65.5 Å². The van der Waals surface area contributed by atoms with Gasteiger partial charge in [-0.2, -0.15) is 0 Å². The quantitative estimate of drug-likeness (QED) is 0.744. The van der Waals surface area contributed by atoms with Crippen LogP contribution in [0.2, 0.25) is 0 Å². The zero-order valence-corrected chi connectivity index (χ0v) is 9.34. The van der Waals surface area contributed by atoms with Gasteiger partial charge < -0.3 is 4.90 Å². The first kappa shape index (κ1) is 10.0. The highest BCUT2D eigenvalue weighted by molar-refractivity contribution is 5.94. The Bertz CT molecular complexity index is 526. The minimum atomic E-state index is 0.0728. The van der Waals surface area contributed by atoms with Gasteiger partial charge in [-0.15, -0.1) is 0 Å². The van der Waals surface area contributed by atoms with Crippen LogP contribution < -0.4 is 0 Å². The van der Waals surface area contributed by atoms with Gasteiger partial charge in [-0.3, -0.25) is 9.78 Å². The highest BCUT2D eigenvalue weighted by atomic mass is 16.2. The van der Waals surface area contributed by atoms with Crippen LogP contribution in [-0.4, -0.2) is 15.8 Å². The molecular formula is C14H12N2O. The first-order chi connectivity index (χ1) is 8.34. The molecule has 0 bridgehead atoms. The molecule has 0 atom stereocenters. The van der Waals surface area contributed by atoms with E-state index in [1.165, 1.54) is 0 Å². The Morgan fingerprint density at radius 3 is 2.65 bits per heavy atom. The Kier molecular flexibility index (Phi) is 2.37. The lowest BCUT2D eigenvalue weighted by atomic mass is 10.2. The van der Waals surface area contributed by atoms with Crippen molar-refractivity contribution in [2.24, 2.45) is 0 Å². The summed E-state index contributed by atoms with van der Waals surface area (Å²) < 4.78 is 0. The Hall–Kier alpha value is -2.16. The highest BCUT2D eigenvalue weighted by Gasteiger charge is 2.24. The molecule has 3 rings (SSSR count). The Balaban J connectivity index is 1.84. The minimum Gasteiger partial charge on any atom is -0.328 e. The molecule has 1 aliphatic heterocycles. The van der Waals surface area contributed by atoms with Crippen molar-refractivity contribution in [2.45, 2.75) is 13.1 Å². The molecule has 0 aliphatic carbocycles. The monoisotopic (exact) mass is 224 g/mol. The maximum atomic E-state index is 12.2. The Morgan fingerprint density at radius 1 is 1.06 bits per heavy atom. The average Bonchev–Trinajstić information content (AvgIpc) is 2.82. The molecule has 0 radical (unpaired) electrons. The van der Waals surface area contributed by atoms with Gasteiger partial charge >= 0.3 is 0 Å². The third-order valence-electron chi connectivity index (χ3n) is 2.99. The van der Waals surface area contributed by atoms with E-state index in [-0.39, 0.29) is 5.91 Å². The van der Waals surface area contributed by atoms with Crippen molar-refractivity contribution >= 4 is 5.91 Å². The van der Waals surface area contributed by atoms with Gasteiger partial charge in [0.15, 0.2) is 0 Å². The highest BCUT2D eigenvalue weighted by Crippen LogP contribution is 2.21. The Labute approximate surface area is 99.7 Å². The normalized spacial score (nSPS) is 13.5. The van der Waals surface area contributed by atoms with E-state index in [1.807, 2.05) is 47.4 Å². The van der Waals surface area contributed by atoms with Crippen molar-refractivity contribution in [2.75, 3.05) is 0 Å². The van der Waals surface area contributed by atoms with Gasteiger partial charge in [0.05, 0.1) is 12.2 Å². The molecule has 1 aromatic heterocycles. The van der Waals surface area contributed by atoms with Gasteiger partial charge in [0.25, 0.3) is 5.91 Å². The standard InChI is InChI=1S/C14H12N2O/c17-14(11-5-2-1-3-6-11)16-9-12-7-4-8-15-13(12)10-16/h1-8H,9-10H2. The molecule has 0 saturated heterocycles. The maximum absolute atomic E-state index is 12.2. The van der Waals surface area contributed by atoms with E-state index in [1.54, 1.807) is 6.20 Å². The molecule has 2 heterocycles. The molecule has 1 amide bonds. The smallest absolute Gasteiger partial charge is 0.254 e. The number of carbonyl (C=O) groups excluding carboxylic acids is 1. The molecule has 0 spiro atoms. The SMILES string of the molecule is O=C(c1ccccc1)N1Cc2cccnc2C1. The lowest BCUT2D eigenvalue weighted by Gasteiger charge is -2.14. The lowest BCUT2D eigenvalue weighted by Crippen LogP contribution is -2.25. The summed E-state index contributed by atoms with van der Waals surface area (Å²) in [5.74, 6) is 0.0728. The van der Waals surface area contributed by atoms with Gasteiger partial charge in [-0.1, -0.05) is 24.3 Å². The van der Waals surface area contributed by atoms with Gasteiger partial charge in [0, 0.05) is 18.3 Å². The van der Waals surface area contributed by atoms with Crippen molar-refractivity contribution in [1.29, 1.82) is 0 Å². The third-order valence-corrected chi connectivity index (χ3v) is 2.99. The summed E-state index contributed by atoms with van der Waals surface area (Å²) in [5.41, 5.74) is 2.90. The van der Waals surface area contributed by atoms with Crippen molar-refractivity contribution in [3.63, 3.8) is 0 Å². The number of carbonyl (C=O) groups is 1. The zero-order valence-electron chi connectivity index (χ0n) is 9.34. The second-order valence-electron chi connectivity index (χ2n) is 4.14. The average molecular weight is 224 g/mol. The summed E-state index contributed by atoms with van der Waals surface area (Å²) in [4.78, 5) is 18.3. The fourth-order valence-corrected chi connectivity index (χ4v) is 2.11. The van der Waals surface area contributed by atoms with Crippen LogP contribution in [0.3, 0.4) is 0 Å². The molecule has 84 valence electrons. The van der Waals surface area contributed by atoms with E-state index >= 15 is 0 Å². The summed E-state index contributed by atoms with van der Waals surface area (Å²) in [6.45, 7) is 1.28. The first-order valence-corrected chi connectivity index (χ1v) is 5.62. The van der Waals surface area contributed by atoms with E-state index in [2.05, 4.69) is 4.98 Å². The third kappa shape index (κ3) is 1.80. The van der Waals surface area contributed by atoms with Gasteiger partial charge in [0.2, 0.25) is 0 Å². The van der Waals surface area contributed by atoms with E-state index in [0.717, 1.165) is 16.8 Å². The van der Waals surface area contributed by atoms with E-state index < -0.39 is 0 Å². The minimum absolute atomic E-state index is 0.0728. The molecule has 1 aromatic carbocycles. The van der Waals surface area contributed by atoms with Gasteiger partial charge in [0.1, 0.15) is 0 Å². The lowest BCUT2D eigenvalue weighted by molar-refractivity contribution is 0.0750. The van der Waals surface area contributed by atoms with E-state index in [0.29, 0.717) is 13.1 Å². The first-order valence-electron chi connectivity index (χ1n) is 5.62. The molecule has 3 heteroatoms. The topological polar surface area (TPSA) is 33.2 Å². The maximum Gasteiger partial charge on any atom is 0.254 e. The molecule has 0 unspecified atom stereocenters. The summed E-state index contributed by atoms with van der Waals surface area (Å²) in [6.07, 6.45) is 1.77. The van der Waals surface area contributed by atoms with Crippen LogP contribution in [-0.2, 0) is 13.1 Å². The van der Waals surface area contributed by atoms with Crippen LogP contribution in [0.25, 0.3) is 0 Å². The number of hydrogen-bond acceptors (Lipinski definition) is 2. The summed E-state index contributed by atoms with van der Waals surface area (Å²) >= 11 is 0. The fraction of sp³-hybridized carbons (Fsp3) is 0.143. The predicted octanol–water partition coefficient (Wildman–Crippen LogP) is 2.24. The van der Waals surface area contributed by atoms with E-state index in [4.69, 9.17) is 0 Å². The molecule has 1 aliphatic rings. The second-order valence-corrected chi connectivity index (χ2v) is 4.14. The molecule has 0 saturated carbocycles. The van der Waals surface area contributed by atoms with Crippen LogP contribution in [0.5, 0.6) is 0 Å². The number of hydrogen-bond donors (Lipinski definition) is 0. The summed E-state index contributed by atoms with van der Waals surface area (Å²) in [7, 11) is 0. The largest absolute Gasteiger partial charge is 0.328 e. The van der Waals surface area contributed by atoms with Crippen LogP contribution in [0.4, 0.5) is 0 Å². The second kappa shape index (κ2) is 4.01. The van der Waals surface area contributed by atoms with Crippen molar-refractivity contribution in [1.82, 2.24) is 9.88 Å². The van der Waals surface area contributed by atoms with Gasteiger partial charge in [-0.25, -0.2) is 0 Å². The number of fused-ring (bicyclic) bond motifs is 1. The Morgan fingerprint density at radius 2 is 1.88 bits per heavy atom. The number of rotatable bonds is 1. The zero-order chi connectivity index (χ0) is 11.7. The number of pyridine rings is 1. The van der Waals surface area contributed by atoms with Gasteiger partial charge in [-0.05, 0) is 23.8 Å². The molecule has 17 heavy (non-hydrogen) atoms. The molecule has 0 fully saturated rings. The molecule has 0 N–H and O–H groups in total. The molecule has 2 aromatic rings. The van der Waals surface area contributed by atoms with Crippen molar-refractivity contribution in [3.8, 4) is 0 Å². The van der Waals surface area contributed by atoms with Crippen molar-refractivity contribution < 1.29 is 4.79 Å². The van der Waals surface area contributed by atoms with Crippen LogP contribution in [0, 0.1) is 0 Å². The number of nitrogens with zero attached hydrogens (tertiary/aromatic N) is 2. The molecular weight excluding hydrogens is 212 g/mol. The summed E-state index contributed by atoms with van der Waals surface area (Å²) in [6, 6.07) is 13.3.